The molecule has 0 N–H and O–H groups in total. The maximum atomic E-state index is 12.5. The first-order valence-corrected chi connectivity index (χ1v) is 9.91. The van der Waals surface area contributed by atoms with Crippen molar-refractivity contribution in [3.8, 4) is 0 Å². The van der Waals surface area contributed by atoms with Gasteiger partial charge in [-0.2, -0.15) is 4.31 Å². The van der Waals surface area contributed by atoms with Crippen molar-refractivity contribution in [1.82, 2.24) is 4.31 Å². The van der Waals surface area contributed by atoms with E-state index in [1.165, 1.54) is 35.5 Å². The highest BCUT2D eigenvalue weighted by atomic mass is 32.2. The fourth-order valence-corrected chi connectivity index (χ4v) is 4.48. The molecule has 1 unspecified atom stereocenters. The molecule has 0 spiro atoms. The molecule has 1 aromatic carbocycles. The van der Waals surface area contributed by atoms with Gasteiger partial charge in [0, 0.05) is 29.8 Å². The summed E-state index contributed by atoms with van der Waals surface area (Å²) in [6.45, 7) is 2.36. The number of carbonyl (C=O) groups excluding carboxylic acids is 2. The van der Waals surface area contributed by atoms with Crippen LogP contribution in [0.2, 0.25) is 0 Å². The molecule has 0 bridgehead atoms. The molecule has 0 radical (unpaired) electrons. The molecule has 1 fully saturated rings. The van der Waals surface area contributed by atoms with Crippen LogP contribution in [0.4, 0.5) is 0 Å². The molecule has 148 valence electrons. The summed E-state index contributed by atoms with van der Waals surface area (Å²) < 4.78 is 31.4. The molecule has 2 heterocycles. The summed E-state index contributed by atoms with van der Waals surface area (Å²) in [5.41, 5.74) is 0.175. The van der Waals surface area contributed by atoms with Crippen molar-refractivity contribution in [3.05, 3.63) is 51.8 Å². The second-order valence-corrected chi connectivity index (χ2v) is 8.29. The smallest absolute Gasteiger partial charge is 0.348 e. The van der Waals surface area contributed by atoms with E-state index in [4.69, 9.17) is 4.74 Å². The van der Waals surface area contributed by atoms with Crippen molar-refractivity contribution in [3.63, 3.8) is 0 Å². The second kappa shape index (κ2) is 7.60. The first kappa shape index (κ1) is 19.8. The minimum Gasteiger partial charge on any atom is -0.419 e. The Kier molecular flexibility index (Phi) is 5.38. The zero-order chi connectivity index (χ0) is 20.5. The van der Waals surface area contributed by atoms with Gasteiger partial charge >= 0.3 is 17.9 Å². The molecule has 10 nitrogen and oxygen atoms in total. The largest absolute Gasteiger partial charge is 0.419 e. The lowest BCUT2D eigenvalue weighted by atomic mass is 10.1. The van der Waals surface area contributed by atoms with E-state index in [9.17, 15) is 28.1 Å². The normalized spacial score (nSPS) is 20.5. The van der Waals surface area contributed by atoms with Crippen LogP contribution in [0, 0.1) is 10.1 Å². The summed E-state index contributed by atoms with van der Waals surface area (Å²) in [7, 11) is -3.62. The molecule has 1 atom stereocenters. The number of hydrogen-bond donors (Lipinski definition) is 0. The average Bonchev–Trinajstić information content (AvgIpc) is 3.16. The van der Waals surface area contributed by atoms with Gasteiger partial charge in [0.25, 0.3) is 0 Å². The lowest BCUT2D eigenvalue weighted by Crippen LogP contribution is -2.35. The van der Waals surface area contributed by atoms with Crippen molar-refractivity contribution in [2.24, 2.45) is 4.99 Å². The summed E-state index contributed by atoms with van der Waals surface area (Å²) >= 11 is 0. The SMILES string of the molecule is CC1=NC(=O)C([N+](=O)[O-])C(OC(=O)c2ccc(S(=O)(=O)N3CCCC3)cc2)=C1. The molecule has 11 heteroatoms. The number of ether oxygens (including phenoxy) is 1. The fraction of sp³-hybridized carbons (Fsp3) is 0.353. The molecule has 2 aliphatic heterocycles. The summed E-state index contributed by atoms with van der Waals surface area (Å²) in [6.07, 6.45) is 2.76. The maximum absolute atomic E-state index is 12.5. The van der Waals surface area contributed by atoms with Gasteiger partial charge in [0.1, 0.15) is 0 Å². The lowest BCUT2D eigenvalue weighted by molar-refractivity contribution is -0.501. The van der Waals surface area contributed by atoms with Gasteiger partial charge in [-0.05, 0) is 44.0 Å². The first-order chi connectivity index (χ1) is 13.2. The topological polar surface area (TPSA) is 136 Å². The van der Waals surface area contributed by atoms with Crippen LogP contribution in [0.1, 0.15) is 30.1 Å². The standard InChI is InChI=1S/C17H17N3O7S/c1-11-10-14(15(20(23)24)16(21)18-11)27-17(22)12-4-6-13(7-5-12)28(25,26)19-8-2-3-9-19/h4-7,10,15H,2-3,8-9H2,1H3. The molecule has 1 amide bonds. The minimum atomic E-state index is -3.62. The van der Waals surface area contributed by atoms with Gasteiger partial charge in [-0.15, -0.1) is 0 Å². The molecule has 0 aliphatic carbocycles. The van der Waals surface area contributed by atoms with Crippen LogP contribution in [0.15, 0.2) is 46.0 Å². The first-order valence-electron chi connectivity index (χ1n) is 8.47. The Morgan fingerprint density at radius 1 is 1.25 bits per heavy atom. The number of aliphatic imine (C=N–C) groups is 1. The number of nitrogens with zero attached hydrogens (tertiary/aromatic N) is 3. The summed E-state index contributed by atoms with van der Waals surface area (Å²) in [4.78, 5) is 37.8. The van der Waals surface area contributed by atoms with Crippen LogP contribution in [0.5, 0.6) is 0 Å². The quantitative estimate of drug-likeness (QED) is 0.406. The Labute approximate surface area is 160 Å². The number of benzene rings is 1. The Morgan fingerprint density at radius 2 is 1.86 bits per heavy atom. The van der Waals surface area contributed by atoms with E-state index >= 15 is 0 Å². The second-order valence-electron chi connectivity index (χ2n) is 6.35. The number of amides is 1. The van der Waals surface area contributed by atoms with Crippen LogP contribution in [0.25, 0.3) is 0 Å². The van der Waals surface area contributed by atoms with E-state index in [2.05, 4.69) is 4.99 Å². The molecule has 3 rings (SSSR count). The van der Waals surface area contributed by atoms with E-state index in [-0.39, 0.29) is 16.2 Å². The fourth-order valence-electron chi connectivity index (χ4n) is 2.96. The van der Waals surface area contributed by atoms with E-state index in [1.807, 2.05) is 0 Å². The molecule has 0 saturated carbocycles. The predicted molar refractivity (Wildman–Crippen MR) is 96.8 cm³/mol. The van der Waals surface area contributed by atoms with Gasteiger partial charge < -0.3 is 4.74 Å². The average molecular weight is 407 g/mol. The van der Waals surface area contributed by atoms with Crippen molar-refractivity contribution in [2.75, 3.05) is 13.1 Å². The number of esters is 1. The maximum Gasteiger partial charge on any atom is 0.348 e. The van der Waals surface area contributed by atoms with Crippen LogP contribution in [-0.4, -0.2) is 54.4 Å². The summed E-state index contributed by atoms with van der Waals surface area (Å²) in [6, 6.07) is 3.20. The Morgan fingerprint density at radius 3 is 2.43 bits per heavy atom. The highest BCUT2D eigenvalue weighted by Gasteiger charge is 2.39. The van der Waals surface area contributed by atoms with Gasteiger partial charge in [-0.25, -0.2) is 18.2 Å². The molecular weight excluding hydrogens is 390 g/mol. The highest BCUT2D eigenvalue weighted by molar-refractivity contribution is 7.89. The van der Waals surface area contributed by atoms with E-state index in [0.29, 0.717) is 13.1 Å². The van der Waals surface area contributed by atoms with Crippen LogP contribution in [-0.2, 0) is 19.6 Å². The monoisotopic (exact) mass is 407 g/mol. The number of dihydropyridines is 1. The third-order valence-electron chi connectivity index (χ3n) is 4.36. The molecule has 0 aromatic heterocycles. The van der Waals surface area contributed by atoms with Gasteiger partial charge in [0.2, 0.25) is 10.0 Å². The van der Waals surface area contributed by atoms with Crippen molar-refractivity contribution >= 4 is 27.6 Å². The summed E-state index contributed by atoms with van der Waals surface area (Å²) in [5.74, 6) is -2.40. The Bertz CT molecular complexity index is 990. The number of sulfonamides is 1. The molecule has 28 heavy (non-hydrogen) atoms. The molecular formula is C17H17N3O7S. The molecule has 1 aromatic rings. The molecule has 2 aliphatic rings. The van der Waals surface area contributed by atoms with Gasteiger partial charge in [0.05, 0.1) is 10.5 Å². The third kappa shape index (κ3) is 3.85. The zero-order valence-corrected chi connectivity index (χ0v) is 15.7. The van der Waals surface area contributed by atoms with Gasteiger partial charge in [-0.3, -0.25) is 14.9 Å². The third-order valence-corrected chi connectivity index (χ3v) is 6.27. The predicted octanol–water partition coefficient (Wildman–Crippen LogP) is 1.16. The van der Waals surface area contributed by atoms with Crippen LogP contribution < -0.4 is 0 Å². The number of allylic oxidation sites excluding steroid dienone is 1. The zero-order valence-electron chi connectivity index (χ0n) is 14.9. The number of carbonyl (C=O) groups is 2. The Hall–Kier alpha value is -2.92. The minimum absolute atomic E-state index is 0.00372. The number of hydrogen-bond acceptors (Lipinski definition) is 7. The van der Waals surface area contributed by atoms with E-state index in [0.717, 1.165) is 18.9 Å². The lowest BCUT2D eigenvalue weighted by Gasteiger charge is -2.16. The highest BCUT2D eigenvalue weighted by Crippen LogP contribution is 2.22. The van der Waals surface area contributed by atoms with Crippen molar-refractivity contribution in [2.45, 2.75) is 30.7 Å². The molecule has 1 saturated heterocycles. The number of nitro groups is 1. The van der Waals surface area contributed by atoms with E-state index in [1.54, 1.807) is 0 Å². The van der Waals surface area contributed by atoms with Crippen LogP contribution in [0.3, 0.4) is 0 Å². The van der Waals surface area contributed by atoms with E-state index < -0.39 is 38.6 Å². The Balaban J connectivity index is 1.79. The summed E-state index contributed by atoms with van der Waals surface area (Å²) in [5, 5.41) is 11.1. The van der Waals surface area contributed by atoms with Gasteiger partial charge in [0.15, 0.2) is 5.76 Å². The van der Waals surface area contributed by atoms with Crippen molar-refractivity contribution in [1.29, 1.82) is 0 Å². The van der Waals surface area contributed by atoms with Gasteiger partial charge in [-0.1, -0.05) is 0 Å². The van der Waals surface area contributed by atoms with Crippen molar-refractivity contribution < 1.29 is 27.7 Å². The van der Waals surface area contributed by atoms with Crippen LogP contribution >= 0.6 is 0 Å². The number of rotatable bonds is 5.